The predicted molar refractivity (Wildman–Crippen MR) is 64.5 cm³/mol. The first-order valence-corrected chi connectivity index (χ1v) is 6.10. The second-order valence-electron chi connectivity index (χ2n) is 3.19. The molecule has 4 nitrogen and oxygen atoms in total. The minimum Gasteiger partial charge on any atom is -0.457 e. The summed E-state index contributed by atoms with van der Waals surface area (Å²) in [4.78, 5) is 13.8. The Morgan fingerprint density at radius 2 is 2.31 bits per heavy atom. The maximum absolute atomic E-state index is 12.0. The van der Waals surface area contributed by atoms with Gasteiger partial charge in [-0.2, -0.15) is 0 Å². The summed E-state index contributed by atoms with van der Waals surface area (Å²) in [7, 11) is 0. The van der Waals surface area contributed by atoms with E-state index in [9.17, 15) is 4.79 Å². The Labute approximate surface area is 104 Å². The molecule has 1 heterocycles. The molecule has 5 heteroatoms. The van der Waals surface area contributed by atoms with Crippen molar-refractivity contribution in [3.8, 4) is 0 Å². The molecule has 16 heavy (non-hydrogen) atoms. The Kier molecular flexibility index (Phi) is 5.55. The molecule has 0 spiro atoms. The molecule has 1 amide bonds. The lowest BCUT2D eigenvalue weighted by molar-refractivity contribution is 0.0667. The van der Waals surface area contributed by atoms with Crippen molar-refractivity contribution in [3.05, 3.63) is 22.6 Å². The van der Waals surface area contributed by atoms with Crippen LogP contribution in [0.3, 0.4) is 0 Å². The van der Waals surface area contributed by atoms with Gasteiger partial charge in [-0.25, -0.2) is 0 Å². The summed E-state index contributed by atoms with van der Waals surface area (Å²) in [5, 5.41) is 0. The van der Waals surface area contributed by atoms with Crippen LogP contribution in [0, 0.1) is 0 Å². The highest BCUT2D eigenvalue weighted by atomic mass is 79.9. The summed E-state index contributed by atoms with van der Waals surface area (Å²) < 4.78 is 10.8. The molecule has 90 valence electrons. The number of hydrogen-bond donors (Lipinski definition) is 0. The van der Waals surface area contributed by atoms with Crippen LogP contribution in [-0.2, 0) is 4.74 Å². The molecule has 1 rings (SSSR count). The first kappa shape index (κ1) is 13.3. The minimum atomic E-state index is -0.0390. The van der Waals surface area contributed by atoms with Gasteiger partial charge in [0.15, 0.2) is 4.67 Å². The predicted octanol–water partition coefficient (Wildman–Crippen LogP) is 2.54. The van der Waals surface area contributed by atoms with E-state index in [1.807, 2.05) is 13.8 Å². The lowest BCUT2D eigenvalue weighted by Crippen LogP contribution is -2.33. The van der Waals surface area contributed by atoms with Gasteiger partial charge in [0.05, 0.1) is 18.4 Å². The first-order valence-electron chi connectivity index (χ1n) is 5.30. The number of halogens is 1. The van der Waals surface area contributed by atoms with Gasteiger partial charge in [-0.15, -0.1) is 0 Å². The van der Waals surface area contributed by atoms with Crippen molar-refractivity contribution in [1.29, 1.82) is 0 Å². The van der Waals surface area contributed by atoms with Crippen LogP contribution in [0.15, 0.2) is 21.4 Å². The smallest absolute Gasteiger partial charge is 0.258 e. The topological polar surface area (TPSA) is 42.7 Å². The van der Waals surface area contributed by atoms with Gasteiger partial charge in [-0.3, -0.25) is 4.79 Å². The van der Waals surface area contributed by atoms with E-state index in [1.165, 1.54) is 6.26 Å². The van der Waals surface area contributed by atoms with Gasteiger partial charge in [0, 0.05) is 19.7 Å². The Bertz CT molecular complexity index is 338. The highest BCUT2D eigenvalue weighted by Gasteiger charge is 2.18. The third-order valence-electron chi connectivity index (χ3n) is 2.23. The monoisotopic (exact) mass is 289 g/mol. The molecule has 0 aliphatic carbocycles. The number of carbonyl (C=O) groups excluding carboxylic acids is 1. The van der Waals surface area contributed by atoms with E-state index in [0.717, 1.165) is 0 Å². The summed E-state index contributed by atoms with van der Waals surface area (Å²) in [5.74, 6) is -0.0390. The van der Waals surface area contributed by atoms with Crippen LogP contribution in [0.4, 0.5) is 0 Å². The van der Waals surface area contributed by atoms with Gasteiger partial charge in [0.25, 0.3) is 5.91 Å². The number of ether oxygens (including phenoxy) is 1. The van der Waals surface area contributed by atoms with E-state index in [-0.39, 0.29) is 5.91 Å². The molecule has 0 aliphatic heterocycles. The van der Waals surface area contributed by atoms with Crippen molar-refractivity contribution >= 4 is 21.8 Å². The highest BCUT2D eigenvalue weighted by Crippen LogP contribution is 2.19. The largest absolute Gasteiger partial charge is 0.457 e. The Hall–Kier alpha value is -0.810. The van der Waals surface area contributed by atoms with Crippen molar-refractivity contribution < 1.29 is 13.9 Å². The average Bonchev–Trinajstić information content (AvgIpc) is 2.70. The van der Waals surface area contributed by atoms with Crippen LogP contribution in [0.1, 0.15) is 24.2 Å². The number of likely N-dealkylation sites (N-methyl/N-ethyl adjacent to an activating group) is 1. The molecule has 1 aromatic rings. The second kappa shape index (κ2) is 6.70. The van der Waals surface area contributed by atoms with Crippen LogP contribution in [0.5, 0.6) is 0 Å². The van der Waals surface area contributed by atoms with E-state index in [0.29, 0.717) is 36.5 Å². The van der Waals surface area contributed by atoms with Crippen LogP contribution >= 0.6 is 15.9 Å². The van der Waals surface area contributed by atoms with E-state index < -0.39 is 0 Å². The van der Waals surface area contributed by atoms with Crippen molar-refractivity contribution in [3.63, 3.8) is 0 Å². The van der Waals surface area contributed by atoms with Crippen molar-refractivity contribution in [1.82, 2.24) is 4.90 Å². The molecule has 0 aromatic carbocycles. The summed E-state index contributed by atoms with van der Waals surface area (Å²) >= 11 is 3.20. The van der Waals surface area contributed by atoms with Crippen LogP contribution < -0.4 is 0 Å². The Morgan fingerprint density at radius 3 is 2.81 bits per heavy atom. The standard InChI is InChI=1S/C11H16BrNO3/c1-3-13(6-8-15-4-2)11(14)9-5-7-16-10(9)12/h5,7H,3-4,6,8H2,1-2H3. The van der Waals surface area contributed by atoms with Crippen molar-refractivity contribution in [2.24, 2.45) is 0 Å². The zero-order valence-electron chi connectivity index (χ0n) is 9.53. The van der Waals surface area contributed by atoms with Crippen LogP contribution in [-0.4, -0.2) is 37.1 Å². The lowest BCUT2D eigenvalue weighted by atomic mass is 10.3. The van der Waals surface area contributed by atoms with Crippen LogP contribution in [0.25, 0.3) is 0 Å². The maximum Gasteiger partial charge on any atom is 0.258 e. The number of hydrogen-bond acceptors (Lipinski definition) is 3. The molecule has 0 fully saturated rings. The SMILES string of the molecule is CCOCCN(CC)C(=O)c1ccoc1Br. The molecule has 0 unspecified atom stereocenters. The Morgan fingerprint density at radius 1 is 1.56 bits per heavy atom. The highest BCUT2D eigenvalue weighted by molar-refractivity contribution is 9.10. The normalized spacial score (nSPS) is 10.4. The van der Waals surface area contributed by atoms with E-state index in [1.54, 1.807) is 11.0 Å². The number of carbonyl (C=O) groups is 1. The number of rotatable bonds is 6. The molecule has 0 saturated heterocycles. The molecular formula is C11H16BrNO3. The molecule has 0 radical (unpaired) electrons. The molecular weight excluding hydrogens is 274 g/mol. The van der Waals surface area contributed by atoms with Gasteiger partial charge in [0.1, 0.15) is 0 Å². The molecule has 0 saturated carbocycles. The summed E-state index contributed by atoms with van der Waals surface area (Å²) in [6, 6.07) is 1.66. The molecule has 0 bridgehead atoms. The Balaban J connectivity index is 2.59. The average molecular weight is 290 g/mol. The number of nitrogens with zero attached hydrogens (tertiary/aromatic N) is 1. The fourth-order valence-electron chi connectivity index (χ4n) is 1.34. The molecule has 0 atom stereocenters. The molecule has 0 N–H and O–H groups in total. The third-order valence-corrected chi connectivity index (χ3v) is 2.84. The van der Waals surface area contributed by atoms with Gasteiger partial charge in [-0.05, 0) is 35.8 Å². The van der Waals surface area contributed by atoms with Gasteiger partial charge in [0.2, 0.25) is 0 Å². The van der Waals surface area contributed by atoms with Gasteiger partial charge < -0.3 is 14.1 Å². The zero-order valence-corrected chi connectivity index (χ0v) is 11.1. The lowest BCUT2D eigenvalue weighted by Gasteiger charge is -2.20. The van der Waals surface area contributed by atoms with E-state index >= 15 is 0 Å². The van der Waals surface area contributed by atoms with Gasteiger partial charge >= 0.3 is 0 Å². The van der Waals surface area contributed by atoms with Crippen LogP contribution in [0.2, 0.25) is 0 Å². The fourth-order valence-corrected chi connectivity index (χ4v) is 1.75. The summed E-state index contributed by atoms with van der Waals surface area (Å²) in [6.07, 6.45) is 1.49. The van der Waals surface area contributed by atoms with Crippen molar-refractivity contribution in [2.75, 3.05) is 26.3 Å². The summed E-state index contributed by atoms with van der Waals surface area (Å²) in [5.41, 5.74) is 0.554. The van der Waals surface area contributed by atoms with E-state index in [4.69, 9.17) is 9.15 Å². The summed E-state index contributed by atoms with van der Waals surface area (Å²) in [6.45, 7) is 6.36. The van der Waals surface area contributed by atoms with Gasteiger partial charge in [-0.1, -0.05) is 0 Å². The second-order valence-corrected chi connectivity index (χ2v) is 3.91. The molecule has 0 aliphatic rings. The zero-order chi connectivity index (χ0) is 12.0. The maximum atomic E-state index is 12.0. The van der Waals surface area contributed by atoms with Crippen molar-refractivity contribution in [2.45, 2.75) is 13.8 Å². The number of furan rings is 1. The third kappa shape index (κ3) is 3.35. The first-order chi connectivity index (χ1) is 7.70. The number of amides is 1. The van der Waals surface area contributed by atoms with E-state index in [2.05, 4.69) is 15.9 Å². The molecule has 1 aromatic heterocycles. The quantitative estimate of drug-likeness (QED) is 0.756. The fraction of sp³-hybridized carbons (Fsp3) is 0.545. The minimum absolute atomic E-state index is 0.0390.